The number of nitrogens with one attached hydrogen (secondary N) is 3. The first-order chi connectivity index (χ1) is 16.9. The van der Waals surface area contributed by atoms with Crippen molar-refractivity contribution < 1.29 is 26.4 Å². The van der Waals surface area contributed by atoms with Gasteiger partial charge in [-0.15, -0.1) is 0 Å². The molecule has 36 heavy (non-hydrogen) atoms. The quantitative estimate of drug-likeness (QED) is 0.367. The lowest BCUT2D eigenvalue weighted by Gasteiger charge is -2.36. The zero-order chi connectivity index (χ0) is 26.3. The Balaban J connectivity index is 1.51. The molecule has 2 fully saturated rings. The lowest BCUT2D eigenvalue weighted by Crippen LogP contribution is -2.43. The van der Waals surface area contributed by atoms with Crippen LogP contribution in [0.3, 0.4) is 0 Å². The van der Waals surface area contributed by atoms with Crippen LogP contribution in [0.1, 0.15) is 55.4 Å². The van der Waals surface area contributed by atoms with Crippen LogP contribution in [0.15, 0.2) is 35.4 Å². The third-order valence-corrected chi connectivity index (χ3v) is 8.48. The molecule has 5 N–H and O–H groups in total. The molecule has 2 aliphatic rings. The van der Waals surface area contributed by atoms with Gasteiger partial charge in [-0.3, -0.25) is 9.48 Å². The Bertz CT molecular complexity index is 1220. The highest BCUT2D eigenvalue weighted by Crippen LogP contribution is 2.37. The average Bonchev–Trinajstić information content (AvgIpc) is 3.59. The van der Waals surface area contributed by atoms with E-state index in [1.807, 2.05) is 0 Å². The number of primary amides is 1. The van der Waals surface area contributed by atoms with Crippen molar-refractivity contribution in [1.29, 1.82) is 5.41 Å². The second-order valence-electron chi connectivity index (χ2n) is 9.53. The number of carbonyl (C=O) groups excluding carboxylic acids is 1. The number of halogens is 3. The summed E-state index contributed by atoms with van der Waals surface area (Å²) in [5, 5.41) is 18.9. The van der Waals surface area contributed by atoms with Crippen LogP contribution in [0.25, 0.3) is 0 Å². The molecule has 196 valence electrons. The number of rotatable bonds is 9. The Hall–Kier alpha value is -2.93. The van der Waals surface area contributed by atoms with E-state index in [2.05, 4.69) is 22.7 Å². The fraction of sp³-hybridized carbons (Fsp3) is 0.522. The number of amides is 1. The maximum Gasteiger partial charge on any atom is 0.501 e. The summed E-state index contributed by atoms with van der Waals surface area (Å²) in [5.41, 5.74) is 0.428. The van der Waals surface area contributed by atoms with Gasteiger partial charge in [0.25, 0.3) is 15.7 Å². The molecule has 0 radical (unpaired) electrons. The van der Waals surface area contributed by atoms with Gasteiger partial charge in [-0.05, 0) is 69.2 Å². The van der Waals surface area contributed by atoms with Gasteiger partial charge in [0.05, 0.1) is 10.9 Å². The first-order valence-corrected chi connectivity index (χ1v) is 13.2. The van der Waals surface area contributed by atoms with Crippen molar-refractivity contribution in [1.82, 2.24) is 15.1 Å². The van der Waals surface area contributed by atoms with Crippen LogP contribution >= 0.6 is 0 Å². The highest BCUT2D eigenvalue weighted by Gasteiger charge is 2.46. The van der Waals surface area contributed by atoms with E-state index in [1.54, 1.807) is 4.68 Å². The van der Waals surface area contributed by atoms with Gasteiger partial charge in [0.2, 0.25) is 0 Å². The van der Waals surface area contributed by atoms with Gasteiger partial charge >= 0.3 is 5.51 Å². The van der Waals surface area contributed by atoms with Gasteiger partial charge in [0.1, 0.15) is 5.56 Å². The molecular formula is C23H29F3N6O3S. The van der Waals surface area contributed by atoms with Gasteiger partial charge < -0.3 is 21.8 Å². The summed E-state index contributed by atoms with van der Waals surface area (Å²) in [5.74, 6) is -0.0371. The lowest BCUT2D eigenvalue weighted by atomic mass is 9.82. The molecule has 0 bridgehead atoms. The molecule has 1 heterocycles. The fourth-order valence-electron chi connectivity index (χ4n) is 4.77. The van der Waals surface area contributed by atoms with Gasteiger partial charge in [-0.2, -0.15) is 18.3 Å². The Morgan fingerprint density at radius 3 is 2.44 bits per heavy atom. The number of carbonyl (C=O) groups is 1. The molecule has 4 atom stereocenters. The fourth-order valence-corrected chi connectivity index (χ4v) is 5.54. The van der Waals surface area contributed by atoms with Crippen LogP contribution in [0.5, 0.6) is 0 Å². The zero-order valence-electron chi connectivity index (χ0n) is 19.6. The molecule has 1 aromatic heterocycles. The number of sulfone groups is 1. The van der Waals surface area contributed by atoms with Crippen LogP contribution in [0.4, 0.5) is 24.7 Å². The zero-order valence-corrected chi connectivity index (χ0v) is 20.4. The summed E-state index contributed by atoms with van der Waals surface area (Å²) >= 11 is 0. The van der Waals surface area contributed by atoms with E-state index in [1.165, 1.54) is 25.3 Å². The van der Waals surface area contributed by atoms with Crippen LogP contribution < -0.4 is 16.4 Å². The molecule has 13 heteroatoms. The Morgan fingerprint density at radius 1 is 1.22 bits per heavy atom. The minimum absolute atomic E-state index is 0.0772. The molecule has 0 saturated heterocycles. The number of nitrogens with zero attached hydrogens (tertiary/aromatic N) is 2. The number of hydrogen-bond donors (Lipinski definition) is 4. The summed E-state index contributed by atoms with van der Waals surface area (Å²) in [4.78, 5) is 11.2. The maximum absolute atomic E-state index is 12.8. The van der Waals surface area contributed by atoms with E-state index in [0.717, 1.165) is 49.4 Å². The van der Waals surface area contributed by atoms with Gasteiger partial charge in [-0.25, -0.2) is 8.42 Å². The highest BCUT2D eigenvalue weighted by atomic mass is 32.2. The highest BCUT2D eigenvalue weighted by molar-refractivity contribution is 7.92. The van der Waals surface area contributed by atoms with Crippen LogP contribution in [-0.4, -0.2) is 47.9 Å². The predicted octanol–water partition coefficient (Wildman–Crippen LogP) is 3.77. The first-order valence-electron chi connectivity index (χ1n) is 11.7. The maximum atomic E-state index is 12.8. The third-order valence-electron chi connectivity index (χ3n) is 6.97. The number of nitrogens with two attached hydrogens (primary N) is 1. The number of anilines is 2. The smallest absolute Gasteiger partial charge is 0.365 e. The summed E-state index contributed by atoms with van der Waals surface area (Å²) in [6, 6.07) is 4.53. The summed E-state index contributed by atoms with van der Waals surface area (Å²) < 4.78 is 63.1. The molecule has 4 rings (SSSR count). The van der Waals surface area contributed by atoms with E-state index in [4.69, 9.17) is 11.1 Å². The summed E-state index contributed by atoms with van der Waals surface area (Å²) in [6.45, 7) is 2.19. The van der Waals surface area contributed by atoms with E-state index in [-0.39, 0.29) is 29.0 Å². The number of hydrogen-bond acceptors (Lipinski definition) is 7. The van der Waals surface area contributed by atoms with E-state index >= 15 is 0 Å². The van der Waals surface area contributed by atoms with Crippen LogP contribution in [0, 0.1) is 17.2 Å². The number of aromatic nitrogens is 2. The van der Waals surface area contributed by atoms with Gasteiger partial charge in [0.15, 0.2) is 5.82 Å². The minimum Gasteiger partial charge on any atom is -0.365 e. The van der Waals surface area contributed by atoms with Crippen molar-refractivity contribution in [3.8, 4) is 0 Å². The lowest BCUT2D eigenvalue weighted by molar-refractivity contribution is -0.0436. The Labute approximate surface area is 207 Å². The summed E-state index contributed by atoms with van der Waals surface area (Å²) in [7, 11) is -5.47. The topological polar surface area (TPSA) is 143 Å². The third kappa shape index (κ3) is 5.41. The van der Waals surface area contributed by atoms with E-state index < -0.39 is 26.1 Å². The number of alkyl halides is 3. The molecule has 2 saturated carbocycles. The first kappa shape index (κ1) is 26.1. The molecule has 1 amide bonds. The molecule has 0 unspecified atom stereocenters. The monoisotopic (exact) mass is 526 g/mol. The van der Waals surface area contributed by atoms with Crippen molar-refractivity contribution >= 4 is 33.5 Å². The van der Waals surface area contributed by atoms with Crippen molar-refractivity contribution in [2.24, 2.45) is 17.6 Å². The SMILES string of the molecule is C[C@H](N[C@@H]1CC[C@H](n2cc(C(N)=O)c(Nc3ccc(S(=O)(=O)C(F)(F)F)cc3)n2)[C@@H](C=N)C1)C1CC1. The van der Waals surface area contributed by atoms with Gasteiger partial charge in [-0.1, -0.05) is 0 Å². The van der Waals surface area contributed by atoms with Crippen molar-refractivity contribution in [3.05, 3.63) is 36.0 Å². The predicted molar refractivity (Wildman–Crippen MR) is 128 cm³/mol. The average molecular weight is 527 g/mol. The van der Waals surface area contributed by atoms with Crippen molar-refractivity contribution in [2.45, 2.75) is 67.6 Å². The normalized spacial score (nSPS) is 23.7. The second kappa shape index (κ2) is 9.85. The van der Waals surface area contributed by atoms with Crippen molar-refractivity contribution in [2.75, 3.05) is 5.32 Å². The molecule has 1 aromatic carbocycles. The Kier molecular flexibility index (Phi) is 7.15. The van der Waals surface area contributed by atoms with E-state index in [0.29, 0.717) is 12.1 Å². The summed E-state index contributed by atoms with van der Waals surface area (Å²) in [6.07, 6.45) is 7.78. The largest absolute Gasteiger partial charge is 0.501 e. The standard InChI is InChI=1S/C23H29F3N6O3S/c1-13(14-2-3-14)29-17-6-9-20(15(10-17)11-27)32-12-19(21(28)33)22(31-32)30-16-4-7-18(8-5-16)36(34,35)23(24,25)26/h4-5,7-8,11-15,17,20,27,29H,2-3,6,9-10H2,1H3,(H2,28,33)(H,30,31)/t13-,15+,17+,20-/m0/s1. The molecule has 0 aliphatic heterocycles. The second-order valence-corrected chi connectivity index (χ2v) is 11.5. The molecule has 2 aliphatic carbocycles. The minimum atomic E-state index is -5.47. The van der Waals surface area contributed by atoms with E-state index in [9.17, 15) is 26.4 Å². The molecule has 2 aromatic rings. The number of benzene rings is 1. The van der Waals surface area contributed by atoms with Gasteiger partial charge in [0, 0.05) is 36.1 Å². The molecule has 9 nitrogen and oxygen atoms in total. The van der Waals surface area contributed by atoms with Crippen LogP contribution in [0.2, 0.25) is 0 Å². The molecule has 0 spiro atoms. The van der Waals surface area contributed by atoms with Crippen molar-refractivity contribution in [3.63, 3.8) is 0 Å². The van der Waals surface area contributed by atoms with Crippen LogP contribution in [-0.2, 0) is 9.84 Å². The Morgan fingerprint density at radius 2 is 1.89 bits per heavy atom. The molecular weight excluding hydrogens is 497 g/mol.